The molecule has 1 atom stereocenters. The van der Waals surface area contributed by atoms with E-state index in [0.29, 0.717) is 6.54 Å². The van der Waals surface area contributed by atoms with Crippen LogP contribution in [0.1, 0.15) is 31.4 Å². The Morgan fingerprint density at radius 1 is 1.06 bits per heavy atom. The SMILES string of the molecule is CCCNC(=O)[C@H](C)N(Cc1ccc(Br)cc1)C(=O)CN(C)S(=O)(=O)c1ccc(C)cc1. The van der Waals surface area contributed by atoms with Crippen molar-refractivity contribution in [1.29, 1.82) is 0 Å². The molecule has 0 radical (unpaired) electrons. The van der Waals surface area contributed by atoms with Gasteiger partial charge >= 0.3 is 0 Å². The van der Waals surface area contributed by atoms with Gasteiger partial charge in [-0.05, 0) is 50.1 Å². The Labute approximate surface area is 199 Å². The van der Waals surface area contributed by atoms with Gasteiger partial charge in [0.1, 0.15) is 6.04 Å². The quantitative estimate of drug-likeness (QED) is 0.517. The van der Waals surface area contributed by atoms with Crippen LogP contribution in [0.3, 0.4) is 0 Å². The number of nitrogens with one attached hydrogen (secondary N) is 1. The number of hydrogen-bond acceptors (Lipinski definition) is 4. The van der Waals surface area contributed by atoms with Gasteiger partial charge in [0.05, 0.1) is 11.4 Å². The number of amides is 2. The van der Waals surface area contributed by atoms with Gasteiger partial charge in [-0.25, -0.2) is 8.42 Å². The van der Waals surface area contributed by atoms with Crippen molar-refractivity contribution < 1.29 is 18.0 Å². The number of carbonyl (C=O) groups excluding carboxylic acids is 2. The molecule has 0 saturated carbocycles. The lowest BCUT2D eigenvalue weighted by Crippen LogP contribution is -2.50. The lowest BCUT2D eigenvalue weighted by Gasteiger charge is -2.30. The Balaban J connectivity index is 2.24. The van der Waals surface area contributed by atoms with Crippen molar-refractivity contribution in [3.8, 4) is 0 Å². The maximum Gasteiger partial charge on any atom is 0.243 e. The molecule has 0 bridgehead atoms. The van der Waals surface area contributed by atoms with E-state index in [-0.39, 0.29) is 23.9 Å². The number of benzene rings is 2. The number of hydrogen-bond donors (Lipinski definition) is 1. The highest BCUT2D eigenvalue weighted by Crippen LogP contribution is 2.17. The highest BCUT2D eigenvalue weighted by molar-refractivity contribution is 9.10. The van der Waals surface area contributed by atoms with Gasteiger partial charge < -0.3 is 10.2 Å². The van der Waals surface area contributed by atoms with Crippen LogP contribution in [0.5, 0.6) is 0 Å². The lowest BCUT2D eigenvalue weighted by atomic mass is 10.1. The maximum atomic E-state index is 13.2. The smallest absolute Gasteiger partial charge is 0.243 e. The molecule has 0 aliphatic heterocycles. The number of rotatable bonds is 10. The third-order valence-corrected chi connectivity index (χ3v) is 7.42. The molecule has 32 heavy (non-hydrogen) atoms. The molecule has 0 aromatic heterocycles. The van der Waals surface area contributed by atoms with Gasteiger partial charge in [0, 0.05) is 24.6 Å². The van der Waals surface area contributed by atoms with Gasteiger partial charge in [-0.1, -0.05) is 52.7 Å². The van der Waals surface area contributed by atoms with Crippen LogP contribution in [0.15, 0.2) is 57.9 Å². The highest BCUT2D eigenvalue weighted by atomic mass is 79.9. The van der Waals surface area contributed by atoms with Gasteiger partial charge in [0.2, 0.25) is 21.8 Å². The summed E-state index contributed by atoms with van der Waals surface area (Å²) in [7, 11) is -2.48. The van der Waals surface area contributed by atoms with Gasteiger partial charge in [-0.3, -0.25) is 9.59 Å². The molecule has 0 spiro atoms. The average molecular weight is 524 g/mol. The van der Waals surface area contributed by atoms with Gasteiger partial charge in [0.25, 0.3) is 0 Å². The monoisotopic (exact) mass is 523 g/mol. The van der Waals surface area contributed by atoms with E-state index >= 15 is 0 Å². The molecule has 2 rings (SSSR count). The molecule has 1 N–H and O–H groups in total. The number of sulfonamides is 1. The first-order valence-electron chi connectivity index (χ1n) is 10.4. The molecular weight excluding hydrogens is 494 g/mol. The highest BCUT2D eigenvalue weighted by Gasteiger charge is 2.30. The second-order valence-electron chi connectivity index (χ2n) is 7.69. The minimum absolute atomic E-state index is 0.117. The van der Waals surface area contributed by atoms with Crippen LogP contribution < -0.4 is 5.32 Å². The molecule has 2 aromatic carbocycles. The number of aryl methyl sites for hydroxylation is 1. The fraction of sp³-hybridized carbons (Fsp3) is 0.391. The van der Waals surface area contributed by atoms with Crippen molar-refractivity contribution >= 4 is 37.8 Å². The minimum Gasteiger partial charge on any atom is -0.354 e. The Morgan fingerprint density at radius 3 is 2.22 bits per heavy atom. The lowest BCUT2D eigenvalue weighted by molar-refractivity contribution is -0.140. The van der Waals surface area contributed by atoms with Gasteiger partial charge in [0.15, 0.2) is 0 Å². The standard InChI is InChI=1S/C23H30BrN3O4S/c1-5-14-25-23(29)18(3)27(15-19-8-10-20(24)11-9-19)22(28)16-26(4)32(30,31)21-12-6-17(2)7-13-21/h6-13,18H,5,14-16H2,1-4H3,(H,25,29)/t18-/m0/s1. The van der Waals surface area contributed by atoms with Crippen LogP contribution in [0.25, 0.3) is 0 Å². The topological polar surface area (TPSA) is 86.8 Å². The average Bonchev–Trinajstić information content (AvgIpc) is 2.76. The van der Waals surface area contributed by atoms with Crippen molar-refractivity contribution in [1.82, 2.24) is 14.5 Å². The largest absolute Gasteiger partial charge is 0.354 e. The Morgan fingerprint density at radius 2 is 1.66 bits per heavy atom. The van der Waals surface area contributed by atoms with E-state index in [1.165, 1.54) is 24.1 Å². The summed E-state index contributed by atoms with van der Waals surface area (Å²) < 4.78 is 27.7. The Bertz CT molecular complexity index is 1020. The second kappa shape index (κ2) is 11.6. The molecule has 0 aliphatic rings. The number of halogens is 1. The third kappa shape index (κ3) is 6.88. The predicted molar refractivity (Wildman–Crippen MR) is 128 cm³/mol. The van der Waals surface area contributed by atoms with E-state index in [9.17, 15) is 18.0 Å². The summed E-state index contributed by atoms with van der Waals surface area (Å²) in [6.45, 7) is 5.78. The van der Waals surface area contributed by atoms with Crippen LogP contribution in [-0.4, -0.2) is 55.6 Å². The van der Waals surface area contributed by atoms with Crippen LogP contribution in [0.2, 0.25) is 0 Å². The van der Waals surface area contributed by atoms with Gasteiger partial charge in [-0.15, -0.1) is 0 Å². The molecule has 2 amide bonds. The summed E-state index contributed by atoms with van der Waals surface area (Å²) >= 11 is 3.38. The van der Waals surface area contributed by atoms with Crippen LogP contribution in [-0.2, 0) is 26.2 Å². The zero-order valence-electron chi connectivity index (χ0n) is 18.8. The van der Waals surface area contributed by atoms with Crippen LogP contribution >= 0.6 is 15.9 Å². The van der Waals surface area contributed by atoms with E-state index in [4.69, 9.17) is 0 Å². The fourth-order valence-corrected chi connectivity index (χ4v) is 4.41. The van der Waals surface area contributed by atoms with Crippen LogP contribution in [0, 0.1) is 6.92 Å². The van der Waals surface area contributed by atoms with E-state index in [1.54, 1.807) is 19.1 Å². The first-order valence-corrected chi connectivity index (χ1v) is 12.6. The molecule has 9 heteroatoms. The Kier molecular flexibility index (Phi) is 9.42. The van der Waals surface area contributed by atoms with Crippen molar-refractivity contribution in [2.45, 2.75) is 44.7 Å². The van der Waals surface area contributed by atoms with Gasteiger partial charge in [-0.2, -0.15) is 4.31 Å². The number of likely N-dealkylation sites (N-methyl/N-ethyl adjacent to an activating group) is 1. The number of nitrogens with zero attached hydrogens (tertiary/aromatic N) is 2. The summed E-state index contributed by atoms with van der Waals surface area (Å²) in [5.41, 5.74) is 1.77. The summed E-state index contributed by atoms with van der Waals surface area (Å²) in [6, 6.07) is 13.1. The first kappa shape index (κ1) is 26.0. The number of carbonyl (C=O) groups is 2. The molecule has 7 nitrogen and oxygen atoms in total. The fourth-order valence-electron chi connectivity index (χ4n) is 3.02. The molecule has 0 saturated heterocycles. The molecule has 0 fully saturated rings. The minimum atomic E-state index is -3.84. The second-order valence-corrected chi connectivity index (χ2v) is 10.6. The molecule has 0 heterocycles. The first-order chi connectivity index (χ1) is 15.1. The normalized spacial score (nSPS) is 12.4. The van der Waals surface area contributed by atoms with Crippen molar-refractivity contribution in [2.24, 2.45) is 0 Å². The van der Waals surface area contributed by atoms with Crippen molar-refractivity contribution in [2.75, 3.05) is 20.1 Å². The van der Waals surface area contributed by atoms with E-state index in [1.807, 2.05) is 38.1 Å². The molecular formula is C23H30BrN3O4S. The zero-order chi connectivity index (χ0) is 23.9. The molecule has 0 aliphatic carbocycles. The molecule has 2 aromatic rings. The molecule has 174 valence electrons. The summed E-state index contributed by atoms with van der Waals surface area (Å²) in [4.78, 5) is 27.3. The summed E-state index contributed by atoms with van der Waals surface area (Å²) in [6.07, 6.45) is 0.774. The maximum absolute atomic E-state index is 13.2. The van der Waals surface area contributed by atoms with E-state index in [2.05, 4.69) is 21.2 Å². The van der Waals surface area contributed by atoms with Crippen molar-refractivity contribution in [3.63, 3.8) is 0 Å². The predicted octanol–water partition coefficient (Wildman–Crippen LogP) is 3.32. The van der Waals surface area contributed by atoms with E-state index in [0.717, 1.165) is 26.3 Å². The summed E-state index contributed by atoms with van der Waals surface area (Å²) in [5.74, 6) is -0.730. The van der Waals surface area contributed by atoms with E-state index < -0.39 is 22.0 Å². The Hall–Kier alpha value is -2.23. The molecule has 0 unspecified atom stereocenters. The van der Waals surface area contributed by atoms with Crippen molar-refractivity contribution in [3.05, 3.63) is 64.1 Å². The van der Waals surface area contributed by atoms with Crippen LogP contribution in [0.4, 0.5) is 0 Å². The summed E-state index contributed by atoms with van der Waals surface area (Å²) in [5, 5.41) is 2.80. The third-order valence-electron chi connectivity index (χ3n) is 5.07. The zero-order valence-corrected chi connectivity index (χ0v) is 21.2.